The maximum atomic E-state index is 10.4. The third kappa shape index (κ3) is 3.66. The molecule has 1 N–H and O–H groups in total. The number of aromatic nitrogens is 1. The monoisotopic (exact) mass is 451 g/mol. The predicted molar refractivity (Wildman–Crippen MR) is 120 cm³/mol. The van der Waals surface area contributed by atoms with Crippen LogP contribution in [0.15, 0.2) is 80.6 Å². The molecule has 28 heavy (non-hydrogen) atoms. The summed E-state index contributed by atoms with van der Waals surface area (Å²) in [7, 11) is 0. The summed E-state index contributed by atoms with van der Waals surface area (Å²) in [6, 6.07) is 19.7. The molecule has 0 unspecified atom stereocenters. The molecule has 0 radical (unpaired) electrons. The van der Waals surface area contributed by atoms with Crippen molar-refractivity contribution < 1.29 is 5.11 Å². The lowest BCUT2D eigenvalue weighted by Gasteiger charge is -2.06. The molecule has 0 fully saturated rings. The van der Waals surface area contributed by atoms with Gasteiger partial charge in [-0.2, -0.15) is 5.10 Å². The molecule has 140 valence electrons. The second kappa shape index (κ2) is 8.12. The number of rotatable bonds is 4. The van der Waals surface area contributed by atoms with Crippen molar-refractivity contribution in [2.24, 2.45) is 10.1 Å². The molecule has 3 aromatic carbocycles. The fourth-order valence-electron chi connectivity index (χ4n) is 3.04. The molecule has 1 heterocycles. The van der Waals surface area contributed by atoms with E-state index < -0.39 is 0 Å². The van der Waals surface area contributed by atoms with E-state index in [1.165, 1.54) is 0 Å². The lowest BCUT2D eigenvalue weighted by Crippen LogP contribution is -2.12. The second-order valence-electron chi connectivity index (χ2n) is 6.16. The first-order chi connectivity index (χ1) is 13.7. The van der Waals surface area contributed by atoms with Crippen LogP contribution in [-0.4, -0.2) is 22.5 Å². The molecule has 0 aliphatic rings. The third-order valence-corrected chi connectivity index (χ3v) is 5.70. The fourth-order valence-corrected chi connectivity index (χ4v) is 4.34. The minimum absolute atomic E-state index is 0.205. The maximum Gasteiger partial charge on any atom is 0.206 e. The van der Waals surface area contributed by atoms with Crippen LogP contribution in [0.2, 0.25) is 0 Å². The van der Waals surface area contributed by atoms with Crippen molar-refractivity contribution in [3.8, 4) is 17.0 Å². The van der Waals surface area contributed by atoms with E-state index in [0.717, 1.165) is 31.3 Å². The number of phenols is 1. The Labute approximate surface area is 175 Å². The zero-order chi connectivity index (χ0) is 19.5. The molecule has 4 aromatic rings. The van der Waals surface area contributed by atoms with E-state index in [2.05, 4.69) is 32.4 Å². The van der Waals surface area contributed by atoms with E-state index in [9.17, 15) is 5.11 Å². The van der Waals surface area contributed by atoms with Crippen LogP contribution in [0.4, 0.5) is 0 Å². The summed E-state index contributed by atoms with van der Waals surface area (Å²) in [6.07, 6.45) is 1.71. The van der Waals surface area contributed by atoms with E-state index in [-0.39, 0.29) is 5.75 Å². The Morgan fingerprint density at radius 2 is 1.96 bits per heavy atom. The highest BCUT2D eigenvalue weighted by Crippen LogP contribution is 2.27. The summed E-state index contributed by atoms with van der Waals surface area (Å²) < 4.78 is 2.84. The van der Waals surface area contributed by atoms with E-state index in [1.807, 2.05) is 60.1 Å². The molecule has 0 aliphatic carbocycles. The van der Waals surface area contributed by atoms with Crippen molar-refractivity contribution in [3.05, 3.63) is 80.9 Å². The summed E-state index contributed by atoms with van der Waals surface area (Å²) in [5.74, 6) is 0.205. The summed E-state index contributed by atoms with van der Waals surface area (Å²) in [6.45, 7) is 2.68. The Morgan fingerprint density at radius 1 is 1.11 bits per heavy atom. The number of hydrogen-bond donors (Lipinski definition) is 1. The summed E-state index contributed by atoms with van der Waals surface area (Å²) in [5.41, 5.74) is 2.69. The van der Waals surface area contributed by atoms with Gasteiger partial charge in [0.05, 0.1) is 11.9 Å². The van der Waals surface area contributed by atoms with Gasteiger partial charge in [-0.25, -0.2) is 4.68 Å². The van der Waals surface area contributed by atoms with E-state index in [1.54, 1.807) is 23.6 Å². The summed E-state index contributed by atoms with van der Waals surface area (Å²) in [4.78, 5) is 5.38. The van der Waals surface area contributed by atoms with Crippen LogP contribution in [0.25, 0.3) is 22.0 Å². The predicted octanol–water partition coefficient (Wildman–Crippen LogP) is 5.64. The molecule has 0 spiro atoms. The Morgan fingerprint density at radius 3 is 2.79 bits per heavy atom. The molecule has 0 saturated carbocycles. The fraction of sp³-hybridized carbons (Fsp3) is 0.0909. The Bertz CT molecular complexity index is 1240. The number of hydrogen-bond acceptors (Lipinski definition) is 4. The SMILES string of the molecule is CCN=c1scc(-c2cccc(Br)c2)n1N=Cc1c(O)ccc2ccccc12. The van der Waals surface area contributed by atoms with Crippen molar-refractivity contribution in [1.29, 1.82) is 0 Å². The molecule has 0 bridgehead atoms. The van der Waals surface area contributed by atoms with E-state index in [4.69, 9.17) is 5.10 Å². The van der Waals surface area contributed by atoms with Crippen molar-refractivity contribution >= 4 is 44.3 Å². The van der Waals surface area contributed by atoms with Gasteiger partial charge >= 0.3 is 0 Å². The smallest absolute Gasteiger partial charge is 0.206 e. The van der Waals surface area contributed by atoms with Crippen molar-refractivity contribution in [2.45, 2.75) is 6.92 Å². The lowest BCUT2D eigenvalue weighted by molar-refractivity contribution is 0.475. The molecule has 6 heteroatoms. The summed E-state index contributed by atoms with van der Waals surface area (Å²) in [5, 5.41) is 19.2. The number of fused-ring (bicyclic) bond motifs is 1. The highest BCUT2D eigenvalue weighted by Gasteiger charge is 2.09. The van der Waals surface area contributed by atoms with E-state index in [0.29, 0.717) is 12.1 Å². The number of phenolic OH excluding ortho intramolecular Hbond substituents is 1. The molecule has 0 atom stereocenters. The van der Waals surface area contributed by atoms with Crippen molar-refractivity contribution in [3.63, 3.8) is 0 Å². The standard InChI is InChI=1S/C22H18BrN3OS/c1-2-24-22-26(20(14-28-22)16-7-5-8-17(23)12-16)25-13-19-18-9-4-3-6-15(18)10-11-21(19)27/h3-14,27H,2H2,1H3. The molecular formula is C22H18BrN3OS. The quantitative estimate of drug-likeness (QED) is 0.401. The molecule has 0 aliphatic heterocycles. The number of aromatic hydroxyl groups is 1. The molecule has 4 rings (SSSR count). The van der Waals surface area contributed by atoms with Crippen LogP contribution in [0.5, 0.6) is 5.75 Å². The topological polar surface area (TPSA) is 49.9 Å². The van der Waals surface area contributed by atoms with Crippen LogP contribution >= 0.6 is 27.3 Å². The van der Waals surface area contributed by atoms with Gasteiger partial charge in [0.15, 0.2) is 0 Å². The average Bonchev–Trinajstić information content (AvgIpc) is 3.10. The van der Waals surface area contributed by atoms with Gasteiger partial charge in [-0.15, -0.1) is 11.3 Å². The zero-order valence-corrected chi connectivity index (χ0v) is 17.6. The maximum absolute atomic E-state index is 10.4. The molecular weight excluding hydrogens is 434 g/mol. The van der Waals surface area contributed by atoms with Gasteiger partial charge in [0.25, 0.3) is 0 Å². The first-order valence-electron chi connectivity index (χ1n) is 8.89. The second-order valence-corrected chi connectivity index (χ2v) is 7.92. The minimum atomic E-state index is 0.205. The van der Waals surface area contributed by atoms with Crippen LogP contribution in [0, 0.1) is 0 Å². The third-order valence-electron chi connectivity index (χ3n) is 4.35. The normalized spacial score (nSPS) is 12.3. The molecule has 0 amide bonds. The van der Waals surface area contributed by atoms with Crippen molar-refractivity contribution in [1.82, 2.24) is 4.68 Å². The highest BCUT2D eigenvalue weighted by molar-refractivity contribution is 9.10. The first kappa shape index (κ1) is 18.7. The molecule has 0 saturated heterocycles. The number of halogens is 1. The lowest BCUT2D eigenvalue weighted by atomic mass is 10.0. The van der Waals surface area contributed by atoms with E-state index >= 15 is 0 Å². The Kier molecular flexibility index (Phi) is 5.41. The largest absolute Gasteiger partial charge is 0.507 e. The van der Waals surface area contributed by atoms with Gasteiger partial charge in [-0.1, -0.05) is 58.4 Å². The first-order valence-corrected chi connectivity index (χ1v) is 10.6. The van der Waals surface area contributed by atoms with Crippen LogP contribution in [0.1, 0.15) is 12.5 Å². The van der Waals surface area contributed by atoms with Crippen LogP contribution in [-0.2, 0) is 0 Å². The number of nitrogens with zero attached hydrogens (tertiary/aromatic N) is 3. The zero-order valence-electron chi connectivity index (χ0n) is 15.2. The van der Waals surface area contributed by atoms with Gasteiger partial charge in [0.1, 0.15) is 5.75 Å². The number of benzene rings is 3. The van der Waals surface area contributed by atoms with Crippen LogP contribution in [0.3, 0.4) is 0 Å². The van der Waals surface area contributed by atoms with Gasteiger partial charge in [0.2, 0.25) is 4.80 Å². The Hall–Kier alpha value is -2.70. The van der Waals surface area contributed by atoms with Gasteiger partial charge in [0, 0.05) is 27.5 Å². The van der Waals surface area contributed by atoms with Gasteiger partial charge in [-0.05, 0) is 35.9 Å². The Balaban J connectivity index is 1.88. The molecule has 4 nitrogen and oxygen atoms in total. The van der Waals surface area contributed by atoms with Crippen LogP contribution < -0.4 is 4.80 Å². The van der Waals surface area contributed by atoms with Gasteiger partial charge in [-0.3, -0.25) is 4.99 Å². The highest BCUT2D eigenvalue weighted by atomic mass is 79.9. The number of thiazole rings is 1. The van der Waals surface area contributed by atoms with Gasteiger partial charge < -0.3 is 5.11 Å². The molecule has 1 aromatic heterocycles. The summed E-state index contributed by atoms with van der Waals surface area (Å²) >= 11 is 5.08. The van der Waals surface area contributed by atoms with Crippen molar-refractivity contribution in [2.75, 3.05) is 6.54 Å². The minimum Gasteiger partial charge on any atom is -0.507 e. The average molecular weight is 452 g/mol.